The van der Waals surface area contributed by atoms with Crippen molar-refractivity contribution >= 4 is 17.6 Å². The Labute approximate surface area is 124 Å². The molecule has 0 aliphatic carbocycles. The number of carbonyl (C=O) groups excluding carboxylic acids is 1. The molecule has 1 atom stereocenters. The molecule has 1 aromatic carbocycles. The van der Waals surface area contributed by atoms with E-state index in [-0.39, 0.29) is 12.8 Å². The highest BCUT2D eigenvalue weighted by Crippen LogP contribution is 2.10. The van der Waals surface area contributed by atoms with Gasteiger partial charge in [-0.1, -0.05) is 18.2 Å². The number of carbonyl (C=O) groups is 2. The topological polar surface area (TPSA) is 87.7 Å². The molecule has 21 heavy (non-hydrogen) atoms. The Morgan fingerprint density at radius 2 is 1.86 bits per heavy atom. The molecule has 0 aromatic heterocycles. The zero-order valence-electron chi connectivity index (χ0n) is 12.6. The number of nitrogens with one attached hydrogen (secondary N) is 2. The van der Waals surface area contributed by atoms with Crippen LogP contribution in [0, 0.1) is 0 Å². The average Bonchev–Trinajstić information content (AvgIpc) is 2.37. The van der Waals surface area contributed by atoms with Crippen molar-refractivity contribution in [2.45, 2.75) is 45.3 Å². The van der Waals surface area contributed by atoms with E-state index in [4.69, 9.17) is 9.84 Å². The lowest BCUT2D eigenvalue weighted by Gasteiger charge is -2.20. The Morgan fingerprint density at radius 1 is 1.24 bits per heavy atom. The number of benzene rings is 1. The Hall–Kier alpha value is -2.08. The number of rotatable bonds is 7. The molecule has 1 aromatic rings. The van der Waals surface area contributed by atoms with Crippen LogP contribution in [-0.4, -0.2) is 28.7 Å². The first-order chi connectivity index (χ1) is 9.78. The zero-order chi connectivity index (χ0) is 15.9. The van der Waals surface area contributed by atoms with E-state index in [9.17, 15) is 9.59 Å². The molecule has 0 amide bonds. The third-order valence-corrected chi connectivity index (χ3v) is 2.52. The van der Waals surface area contributed by atoms with Crippen molar-refractivity contribution in [2.24, 2.45) is 0 Å². The van der Waals surface area contributed by atoms with Crippen LogP contribution in [0.15, 0.2) is 30.3 Å². The van der Waals surface area contributed by atoms with Gasteiger partial charge in [-0.05, 0) is 39.3 Å². The van der Waals surface area contributed by atoms with Gasteiger partial charge in [0, 0.05) is 12.1 Å². The fourth-order valence-corrected chi connectivity index (χ4v) is 1.60. The van der Waals surface area contributed by atoms with Crippen LogP contribution in [0.1, 0.15) is 33.6 Å². The highest BCUT2D eigenvalue weighted by atomic mass is 16.6. The number of para-hydroxylation sites is 1. The summed E-state index contributed by atoms with van der Waals surface area (Å²) in [5.74, 6) is -1.43. The SMILES string of the molecule is CC(C)(C)OC(=O)CC[C@H](NNc1ccccc1)C(=O)O. The van der Waals surface area contributed by atoms with Gasteiger partial charge in [-0.15, -0.1) is 0 Å². The van der Waals surface area contributed by atoms with Gasteiger partial charge in [0.15, 0.2) is 0 Å². The van der Waals surface area contributed by atoms with Gasteiger partial charge in [-0.3, -0.25) is 9.59 Å². The quantitative estimate of drug-likeness (QED) is 0.528. The van der Waals surface area contributed by atoms with Crippen molar-refractivity contribution in [3.63, 3.8) is 0 Å². The molecular formula is C15H22N2O4. The minimum absolute atomic E-state index is 0.0394. The van der Waals surface area contributed by atoms with Gasteiger partial charge in [0.25, 0.3) is 0 Å². The number of carboxylic acid groups (broad SMARTS) is 1. The summed E-state index contributed by atoms with van der Waals surface area (Å²) in [6.07, 6.45) is 0.182. The van der Waals surface area contributed by atoms with Crippen molar-refractivity contribution in [2.75, 3.05) is 5.43 Å². The molecule has 0 aliphatic rings. The summed E-state index contributed by atoms with van der Waals surface area (Å²) in [6, 6.07) is 8.26. The number of hydrogen-bond acceptors (Lipinski definition) is 5. The first-order valence-electron chi connectivity index (χ1n) is 6.79. The minimum Gasteiger partial charge on any atom is -0.480 e. The standard InChI is InChI=1S/C15H22N2O4/c1-15(2,3)21-13(18)10-9-12(14(19)20)17-16-11-7-5-4-6-8-11/h4-8,12,16-17H,9-10H2,1-3H3,(H,19,20)/t12-/m0/s1. The number of hydrazine groups is 1. The van der Waals surface area contributed by atoms with Gasteiger partial charge in [0.1, 0.15) is 11.6 Å². The molecule has 116 valence electrons. The first kappa shape index (κ1) is 17.0. The maximum Gasteiger partial charge on any atom is 0.322 e. The summed E-state index contributed by atoms with van der Waals surface area (Å²) in [7, 11) is 0. The lowest BCUT2D eigenvalue weighted by atomic mass is 10.1. The number of carboxylic acids is 1. The van der Waals surface area contributed by atoms with Crippen LogP contribution in [0.25, 0.3) is 0 Å². The molecule has 0 fully saturated rings. The molecule has 0 saturated carbocycles. The maximum atomic E-state index is 11.6. The Kier molecular flexibility index (Phi) is 6.17. The van der Waals surface area contributed by atoms with Crippen LogP contribution in [0.5, 0.6) is 0 Å². The molecule has 0 spiro atoms. The predicted octanol–water partition coefficient (Wildman–Crippen LogP) is 2.18. The third kappa shape index (κ3) is 7.31. The largest absolute Gasteiger partial charge is 0.480 e. The van der Waals surface area contributed by atoms with E-state index < -0.39 is 23.6 Å². The fourth-order valence-electron chi connectivity index (χ4n) is 1.60. The first-order valence-corrected chi connectivity index (χ1v) is 6.79. The summed E-state index contributed by atoms with van der Waals surface area (Å²) < 4.78 is 5.15. The van der Waals surface area contributed by atoms with E-state index in [0.29, 0.717) is 0 Å². The number of ether oxygens (including phenoxy) is 1. The Morgan fingerprint density at radius 3 is 2.38 bits per heavy atom. The molecule has 0 unspecified atom stereocenters. The molecule has 1 rings (SSSR count). The van der Waals surface area contributed by atoms with E-state index in [2.05, 4.69) is 10.9 Å². The second-order valence-electron chi connectivity index (χ2n) is 5.65. The second kappa shape index (κ2) is 7.64. The van der Waals surface area contributed by atoms with Crippen molar-refractivity contribution in [1.29, 1.82) is 0 Å². The Bertz CT molecular complexity index is 468. The lowest BCUT2D eigenvalue weighted by molar-refractivity contribution is -0.155. The number of hydrogen-bond donors (Lipinski definition) is 3. The summed E-state index contributed by atoms with van der Waals surface area (Å²) in [4.78, 5) is 22.8. The van der Waals surface area contributed by atoms with Gasteiger partial charge in [-0.2, -0.15) is 0 Å². The van der Waals surface area contributed by atoms with Crippen LogP contribution in [-0.2, 0) is 14.3 Å². The predicted molar refractivity (Wildman–Crippen MR) is 79.7 cm³/mol. The normalized spacial score (nSPS) is 12.5. The monoisotopic (exact) mass is 294 g/mol. The molecule has 3 N–H and O–H groups in total. The average molecular weight is 294 g/mol. The highest BCUT2D eigenvalue weighted by Gasteiger charge is 2.21. The van der Waals surface area contributed by atoms with Crippen LogP contribution in [0.3, 0.4) is 0 Å². The second-order valence-corrected chi connectivity index (χ2v) is 5.65. The lowest BCUT2D eigenvalue weighted by Crippen LogP contribution is -2.41. The van der Waals surface area contributed by atoms with Crippen molar-refractivity contribution in [1.82, 2.24) is 5.43 Å². The van der Waals surface area contributed by atoms with E-state index in [1.165, 1.54) is 0 Å². The van der Waals surface area contributed by atoms with Crippen LogP contribution in [0.4, 0.5) is 5.69 Å². The summed E-state index contributed by atoms with van der Waals surface area (Å²) in [6.45, 7) is 5.32. The van der Waals surface area contributed by atoms with Crippen LogP contribution < -0.4 is 10.9 Å². The fraction of sp³-hybridized carbons (Fsp3) is 0.467. The van der Waals surface area contributed by atoms with E-state index in [1.54, 1.807) is 32.9 Å². The molecule has 0 aliphatic heterocycles. The highest BCUT2D eigenvalue weighted by molar-refractivity contribution is 5.76. The maximum absolute atomic E-state index is 11.6. The van der Waals surface area contributed by atoms with Crippen LogP contribution >= 0.6 is 0 Å². The molecule has 0 heterocycles. The van der Waals surface area contributed by atoms with Gasteiger partial charge >= 0.3 is 11.9 Å². The Balaban J connectivity index is 2.44. The van der Waals surface area contributed by atoms with Crippen molar-refractivity contribution in [3.05, 3.63) is 30.3 Å². The summed E-state index contributed by atoms with van der Waals surface area (Å²) >= 11 is 0. The summed E-state index contributed by atoms with van der Waals surface area (Å²) in [5.41, 5.74) is 5.70. The number of aliphatic carboxylic acids is 1. The minimum atomic E-state index is -1.03. The summed E-state index contributed by atoms with van der Waals surface area (Å²) in [5, 5.41) is 9.14. The van der Waals surface area contributed by atoms with Gasteiger partial charge in [0.05, 0.1) is 0 Å². The van der Waals surface area contributed by atoms with E-state index in [1.807, 2.05) is 18.2 Å². The third-order valence-electron chi connectivity index (χ3n) is 2.52. The number of anilines is 1. The van der Waals surface area contributed by atoms with Crippen molar-refractivity contribution in [3.8, 4) is 0 Å². The number of esters is 1. The van der Waals surface area contributed by atoms with Gasteiger partial charge in [0.2, 0.25) is 0 Å². The molecule has 0 radical (unpaired) electrons. The van der Waals surface area contributed by atoms with Crippen LogP contribution in [0.2, 0.25) is 0 Å². The molecule has 0 saturated heterocycles. The van der Waals surface area contributed by atoms with Crippen molar-refractivity contribution < 1.29 is 19.4 Å². The van der Waals surface area contributed by atoms with Gasteiger partial charge < -0.3 is 15.3 Å². The van der Waals surface area contributed by atoms with E-state index >= 15 is 0 Å². The molecule has 6 nitrogen and oxygen atoms in total. The molecule has 6 heteroatoms. The smallest absolute Gasteiger partial charge is 0.322 e. The molecule has 0 bridgehead atoms. The molecular weight excluding hydrogens is 272 g/mol. The zero-order valence-corrected chi connectivity index (χ0v) is 12.6. The van der Waals surface area contributed by atoms with Gasteiger partial charge in [-0.25, -0.2) is 5.43 Å². The van der Waals surface area contributed by atoms with E-state index in [0.717, 1.165) is 5.69 Å².